The molecule has 132 valence electrons. The van der Waals surface area contributed by atoms with Gasteiger partial charge in [0.15, 0.2) is 11.5 Å². The first-order chi connectivity index (χ1) is 11.9. The Hall–Kier alpha value is -2.54. The lowest BCUT2D eigenvalue weighted by Gasteiger charge is -2.12. The van der Waals surface area contributed by atoms with E-state index in [1.807, 2.05) is 0 Å². The number of carbonyl (C=O) groups is 2. The molecule has 2 amide bonds. The van der Waals surface area contributed by atoms with Gasteiger partial charge in [-0.2, -0.15) is 0 Å². The van der Waals surface area contributed by atoms with Crippen molar-refractivity contribution in [3.63, 3.8) is 0 Å². The first kappa shape index (κ1) is 18.8. The number of benzene rings is 2. The van der Waals surface area contributed by atoms with Crippen LogP contribution >= 0.6 is 15.9 Å². The van der Waals surface area contributed by atoms with Gasteiger partial charge in [-0.15, -0.1) is 0 Å². The van der Waals surface area contributed by atoms with Crippen LogP contribution in [0.1, 0.15) is 12.5 Å². The zero-order chi connectivity index (χ0) is 18.4. The topological polar surface area (TPSA) is 76.7 Å². The average Bonchev–Trinajstić information content (AvgIpc) is 2.57. The fourth-order valence-electron chi connectivity index (χ4n) is 2.25. The van der Waals surface area contributed by atoms with Crippen molar-refractivity contribution in [2.75, 3.05) is 24.9 Å². The molecule has 0 aliphatic rings. The number of hydrogen-bond acceptors (Lipinski definition) is 4. The number of methoxy groups -OCH3 is 2. The fourth-order valence-corrected chi connectivity index (χ4v) is 2.71. The van der Waals surface area contributed by atoms with Crippen LogP contribution < -0.4 is 20.1 Å². The van der Waals surface area contributed by atoms with E-state index in [-0.39, 0.29) is 18.2 Å². The van der Waals surface area contributed by atoms with Gasteiger partial charge < -0.3 is 20.1 Å². The van der Waals surface area contributed by atoms with E-state index in [1.54, 1.807) is 50.6 Å². The van der Waals surface area contributed by atoms with Crippen LogP contribution in [-0.2, 0) is 16.0 Å². The van der Waals surface area contributed by atoms with Gasteiger partial charge >= 0.3 is 0 Å². The number of hydrogen-bond donors (Lipinski definition) is 2. The summed E-state index contributed by atoms with van der Waals surface area (Å²) in [6, 6.07) is 10.4. The molecular weight excluding hydrogens is 388 g/mol. The lowest BCUT2D eigenvalue weighted by Crippen LogP contribution is -2.15. The highest BCUT2D eigenvalue weighted by molar-refractivity contribution is 9.10. The van der Waals surface area contributed by atoms with Crippen LogP contribution in [0.3, 0.4) is 0 Å². The number of anilines is 2. The van der Waals surface area contributed by atoms with Crippen LogP contribution in [0.2, 0.25) is 0 Å². The van der Waals surface area contributed by atoms with Crippen LogP contribution in [0.4, 0.5) is 11.4 Å². The molecule has 7 heteroatoms. The molecule has 0 unspecified atom stereocenters. The fraction of sp³-hybridized carbons (Fsp3) is 0.222. The van der Waals surface area contributed by atoms with Gasteiger partial charge in [0.25, 0.3) is 0 Å². The Bertz CT molecular complexity index is 775. The molecular formula is C18H19BrN2O4. The number of halogens is 1. The van der Waals surface area contributed by atoms with Crippen molar-refractivity contribution < 1.29 is 19.1 Å². The number of nitrogens with one attached hydrogen (secondary N) is 2. The highest BCUT2D eigenvalue weighted by Gasteiger charge is 2.13. The van der Waals surface area contributed by atoms with Crippen molar-refractivity contribution in [3.05, 3.63) is 46.4 Å². The molecule has 0 saturated heterocycles. The second-order valence-electron chi connectivity index (χ2n) is 5.28. The Kier molecular flexibility index (Phi) is 6.41. The lowest BCUT2D eigenvalue weighted by molar-refractivity contribution is -0.116. The predicted octanol–water partition coefficient (Wildman–Crippen LogP) is 3.61. The third-order valence-corrected chi connectivity index (χ3v) is 4.13. The maximum Gasteiger partial charge on any atom is 0.228 e. The van der Waals surface area contributed by atoms with E-state index in [4.69, 9.17) is 9.47 Å². The number of ether oxygens (including phenoxy) is 2. The zero-order valence-corrected chi connectivity index (χ0v) is 15.8. The molecule has 2 rings (SSSR count). The van der Waals surface area contributed by atoms with Crippen molar-refractivity contribution in [1.29, 1.82) is 0 Å². The summed E-state index contributed by atoms with van der Waals surface area (Å²) >= 11 is 3.44. The maximum absolute atomic E-state index is 12.3. The molecule has 0 heterocycles. The molecule has 0 spiro atoms. The summed E-state index contributed by atoms with van der Waals surface area (Å²) in [5.74, 6) is 0.843. The molecule has 0 aliphatic heterocycles. The Morgan fingerprint density at radius 3 is 2.00 bits per heavy atom. The average molecular weight is 407 g/mol. The Morgan fingerprint density at radius 2 is 1.48 bits per heavy atom. The first-order valence-electron chi connectivity index (χ1n) is 7.51. The van der Waals surface area contributed by atoms with Crippen LogP contribution in [-0.4, -0.2) is 26.0 Å². The standard InChI is InChI=1S/C18H19BrN2O4/c1-11(22)20-13-4-6-14(7-5-13)21-18(23)9-12-8-16(24-2)17(25-3)10-15(12)19/h4-8,10H,9H2,1-3H3,(H,20,22)(H,21,23). The first-order valence-corrected chi connectivity index (χ1v) is 8.30. The molecule has 2 N–H and O–H groups in total. The van der Waals surface area contributed by atoms with Gasteiger partial charge in [0, 0.05) is 22.8 Å². The largest absolute Gasteiger partial charge is 0.493 e. The highest BCUT2D eigenvalue weighted by atomic mass is 79.9. The van der Waals surface area contributed by atoms with E-state index in [0.29, 0.717) is 22.9 Å². The summed E-state index contributed by atoms with van der Waals surface area (Å²) in [5, 5.41) is 5.49. The molecule has 0 bridgehead atoms. The predicted molar refractivity (Wildman–Crippen MR) is 100 cm³/mol. The van der Waals surface area contributed by atoms with E-state index in [0.717, 1.165) is 10.0 Å². The highest BCUT2D eigenvalue weighted by Crippen LogP contribution is 2.33. The molecule has 6 nitrogen and oxygen atoms in total. The van der Waals surface area contributed by atoms with Crippen LogP contribution in [0, 0.1) is 0 Å². The third kappa shape index (κ3) is 5.22. The van der Waals surface area contributed by atoms with Crippen molar-refractivity contribution in [2.24, 2.45) is 0 Å². The maximum atomic E-state index is 12.3. The van der Waals surface area contributed by atoms with Crippen molar-refractivity contribution in [3.8, 4) is 11.5 Å². The molecule has 0 saturated carbocycles. The van der Waals surface area contributed by atoms with Gasteiger partial charge in [0.1, 0.15) is 0 Å². The van der Waals surface area contributed by atoms with Crippen LogP contribution in [0.15, 0.2) is 40.9 Å². The molecule has 2 aromatic rings. The van der Waals surface area contributed by atoms with Crippen LogP contribution in [0.25, 0.3) is 0 Å². The minimum atomic E-state index is -0.166. The van der Waals surface area contributed by atoms with Gasteiger partial charge in [-0.3, -0.25) is 9.59 Å². The van der Waals surface area contributed by atoms with Crippen molar-refractivity contribution >= 4 is 39.1 Å². The van der Waals surface area contributed by atoms with E-state index in [2.05, 4.69) is 26.6 Å². The van der Waals surface area contributed by atoms with Gasteiger partial charge in [-0.1, -0.05) is 15.9 Å². The number of carbonyl (C=O) groups excluding carboxylic acids is 2. The monoisotopic (exact) mass is 406 g/mol. The Balaban J connectivity index is 2.06. The normalized spacial score (nSPS) is 10.1. The lowest BCUT2D eigenvalue weighted by atomic mass is 10.1. The molecule has 0 fully saturated rings. The summed E-state index contributed by atoms with van der Waals surface area (Å²) in [4.78, 5) is 23.3. The number of rotatable bonds is 6. The quantitative estimate of drug-likeness (QED) is 0.767. The summed E-state index contributed by atoms with van der Waals surface area (Å²) < 4.78 is 11.3. The minimum absolute atomic E-state index is 0.143. The zero-order valence-electron chi connectivity index (χ0n) is 14.2. The van der Waals surface area contributed by atoms with E-state index in [1.165, 1.54) is 6.92 Å². The second kappa shape index (κ2) is 8.53. The molecule has 0 atom stereocenters. The summed E-state index contributed by atoms with van der Waals surface area (Å²) in [7, 11) is 3.10. The van der Waals surface area contributed by atoms with Gasteiger partial charge in [-0.05, 0) is 42.0 Å². The second-order valence-corrected chi connectivity index (χ2v) is 6.14. The third-order valence-electron chi connectivity index (χ3n) is 3.39. The van der Waals surface area contributed by atoms with Gasteiger partial charge in [0.2, 0.25) is 11.8 Å². The Morgan fingerprint density at radius 1 is 0.960 bits per heavy atom. The van der Waals surface area contributed by atoms with Gasteiger partial charge in [-0.25, -0.2) is 0 Å². The van der Waals surface area contributed by atoms with E-state index >= 15 is 0 Å². The summed E-state index contributed by atoms with van der Waals surface area (Å²) in [5.41, 5.74) is 2.11. The Labute approximate surface area is 154 Å². The van der Waals surface area contributed by atoms with Crippen molar-refractivity contribution in [1.82, 2.24) is 0 Å². The van der Waals surface area contributed by atoms with Gasteiger partial charge in [0.05, 0.1) is 20.6 Å². The minimum Gasteiger partial charge on any atom is -0.493 e. The molecule has 0 aromatic heterocycles. The summed E-state index contributed by atoms with van der Waals surface area (Å²) in [6.07, 6.45) is 0.175. The molecule has 0 radical (unpaired) electrons. The van der Waals surface area contributed by atoms with Crippen molar-refractivity contribution in [2.45, 2.75) is 13.3 Å². The molecule has 0 aliphatic carbocycles. The van der Waals surface area contributed by atoms with E-state index in [9.17, 15) is 9.59 Å². The van der Waals surface area contributed by atoms with E-state index < -0.39 is 0 Å². The number of amides is 2. The summed E-state index contributed by atoms with van der Waals surface area (Å²) in [6.45, 7) is 1.44. The smallest absolute Gasteiger partial charge is 0.228 e. The molecule has 25 heavy (non-hydrogen) atoms. The van der Waals surface area contributed by atoms with Crippen LogP contribution in [0.5, 0.6) is 11.5 Å². The molecule has 2 aromatic carbocycles. The SMILES string of the molecule is COc1cc(Br)c(CC(=O)Nc2ccc(NC(C)=O)cc2)cc1OC.